The zero-order chi connectivity index (χ0) is 26.3. The average molecular weight is 500 g/mol. The molecule has 1 N–H and O–H groups in total. The highest BCUT2D eigenvalue weighted by molar-refractivity contribution is 6.04. The van der Waals surface area contributed by atoms with E-state index in [2.05, 4.69) is 60.2 Å². The number of benzene rings is 2. The van der Waals surface area contributed by atoms with Gasteiger partial charge in [-0.05, 0) is 97.6 Å². The highest BCUT2D eigenvalue weighted by atomic mass is 16.5. The Morgan fingerprint density at radius 2 is 1.89 bits per heavy atom. The van der Waals surface area contributed by atoms with Crippen LogP contribution in [-0.4, -0.2) is 35.5 Å². The second-order valence-electron chi connectivity index (χ2n) is 11.5. The third kappa shape index (κ3) is 8.16. The molecule has 5 nitrogen and oxygen atoms in total. The van der Waals surface area contributed by atoms with Crippen molar-refractivity contribution in [1.82, 2.24) is 9.88 Å². The predicted octanol–water partition coefficient (Wildman–Crippen LogP) is 7.03. The quantitative estimate of drug-likeness (QED) is 0.418. The molecule has 0 atom stereocenters. The molecule has 2 aromatic carbocycles. The molecule has 1 aliphatic heterocycles. The van der Waals surface area contributed by atoms with Crippen LogP contribution < -0.4 is 10.1 Å². The maximum atomic E-state index is 13.1. The van der Waals surface area contributed by atoms with Crippen molar-refractivity contribution >= 4 is 11.6 Å². The van der Waals surface area contributed by atoms with Crippen molar-refractivity contribution < 1.29 is 9.53 Å². The van der Waals surface area contributed by atoms with Gasteiger partial charge in [-0.2, -0.15) is 0 Å². The molecule has 37 heavy (non-hydrogen) atoms. The number of rotatable bonds is 4. The van der Waals surface area contributed by atoms with Crippen molar-refractivity contribution in [2.24, 2.45) is 5.41 Å². The van der Waals surface area contributed by atoms with Crippen LogP contribution in [-0.2, 0) is 13.0 Å². The number of aromatic nitrogens is 1. The van der Waals surface area contributed by atoms with E-state index < -0.39 is 0 Å². The first-order chi connectivity index (χ1) is 17.8. The highest BCUT2D eigenvalue weighted by Gasteiger charge is 2.16. The van der Waals surface area contributed by atoms with Gasteiger partial charge in [0, 0.05) is 36.6 Å². The first kappa shape index (κ1) is 26.9. The number of aryl methyl sites for hydroxylation is 1. The molecule has 196 valence electrons. The minimum absolute atomic E-state index is 0.125. The summed E-state index contributed by atoms with van der Waals surface area (Å²) < 4.78 is 6.24. The molecule has 4 rings (SSSR count). The number of carbonyl (C=O) groups excluding carboxylic acids is 1. The number of amides is 1. The standard InChI is InChI=1S/C32H41N3O2/c1-24-22-33-15-13-29(24)34-31(36)27-11-12-30-28(21-27)20-25-9-8-10-26(19-25)23-35(17-14-32(2,3)4)16-6-5-7-18-37-30/h8-13,15,19,21-22H,5-7,14,16-18,20,23H2,1-4H3,(H,33,34,36). The molecule has 2 heterocycles. The lowest BCUT2D eigenvalue weighted by atomic mass is 9.92. The van der Waals surface area contributed by atoms with Gasteiger partial charge in [-0.1, -0.05) is 45.0 Å². The Hall–Kier alpha value is -3.18. The Morgan fingerprint density at radius 3 is 2.70 bits per heavy atom. The van der Waals surface area contributed by atoms with Crippen molar-refractivity contribution in [1.29, 1.82) is 0 Å². The van der Waals surface area contributed by atoms with E-state index in [-0.39, 0.29) is 5.91 Å². The molecule has 5 heteroatoms. The molecule has 0 unspecified atom stereocenters. The number of hydrogen-bond donors (Lipinski definition) is 1. The van der Waals surface area contributed by atoms with Crippen molar-refractivity contribution in [2.75, 3.05) is 25.0 Å². The van der Waals surface area contributed by atoms with Crippen LogP contribution in [0.15, 0.2) is 60.9 Å². The van der Waals surface area contributed by atoms with Gasteiger partial charge in [0.25, 0.3) is 5.91 Å². The van der Waals surface area contributed by atoms with Gasteiger partial charge in [0.15, 0.2) is 0 Å². The summed E-state index contributed by atoms with van der Waals surface area (Å²) in [6, 6.07) is 16.5. The van der Waals surface area contributed by atoms with Crippen LogP contribution >= 0.6 is 0 Å². The Labute approximate surface area is 222 Å². The fourth-order valence-corrected chi connectivity index (χ4v) is 4.68. The van der Waals surface area contributed by atoms with Crippen LogP contribution in [0.3, 0.4) is 0 Å². The molecule has 0 aliphatic carbocycles. The number of ether oxygens (including phenoxy) is 1. The summed E-state index contributed by atoms with van der Waals surface area (Å²) in [5, 5.41) is 3.02. The Bertz CT molecular complexity index is 1200. The Balaban J connectivity index is 1.57. The Kier molecular flexibility index (Phi) is 8.99. The summed E-state index contributed by atoms with van der Waals surface area (Å²) in [5.41, 5.74) is 6.29. The molecular formula is C32H41N3O2. The molecule has 2 bridgehead atoms. The van der Waals surface area contributed by atoms with E-state index in [4.69, 9.17) is 4.74 Å². The van der Waals surface area contributed by atoms with Crippen LogP contribution in [0.2, 0.25) is 0 Å². The van der Waals surface area contributed by atoms with Crippen LogP contribution in [0.4, 0.5) is 5.69 Å². The van der Waals surface area contributed by atoms with E-state index in [0.717, 1.165) is 61.5 Å². The molecule has 0 radical (unpaired) electrons. The van der Waals surface area contributed by atoms with Crippen LogP contribution in [0.25, 0.3) is 0 Å². The number of pyridine rings is 1. The number of nitrogens with zero attached hydrogens (tertiary/aromatic N) is 2. The van der Waals surface area contributed by atoms with E-state index in [9.17, 15) is 4.79 Å². The van der Waals surface area contributed by atoms with E-state index in [1.54, 1.807) is 12.4 Å². The minimum atomic E-state index is -0.125. The average Bonchev–Trinajstić information content (AvgIpc) is 2.86. The third-order valence-corrected chi connectivity index (χ3v) is 6.94. The fraction of sp³-hybridized carbons (Fsp3) is 0.438. The van der Waals surface area contributed by atoms with Crippen LogP contribution in [0, 0.1) is 12.3 Å². The number of hydrogen-bond acceptors (Lipinski definition) is 4. The maximum absolute atomic E-state index is 13.1. The first-order valence-corrected chi connectivity index (χ1v) is 13.5. The zero-order valence-electron chi connectivity index (χ0n) is 22.8. The largest absolute Gasteiger partial charge is 0.493 e. The maximum Gasteiger partial charge on any atom is 0.255 e. The van der Waals surface area contributed by atoms with Crippen molar-refractivity contribution in [3.8, 4) is 5.75 Å². The van der Waals surface area contributed by atoms with Crippen LogP contribution in [0.5, 0.6) is 5.75 Å². The van der Waals surface area contributed by atoms with Gasteiger partial charge in [0.05, 0.1) is 6.61 Å². The Morgan fingerprint density at radius 1 is 1.05 bits per heavy atom. The molecule has 0 saturated carbocycles. The second-order valence-corrected chi connectivity index (χ2v) is 11.5. The minimum Gasteiger partial charge on any atom is -0.493 e. The molecular weight excluding hydrogens is 458 g/mol. The lowest BCUT2D eigenvalue weighted by Crippen LogP contribution is -2.28. The van der Waals surface area contributed by atoms with Gasteiger partial charge in [-0.15, -0.1) is 0 Å². The van der Waals surface area contributed by atoms with Crippen LogP contribution in [0.1, 0.15) is 79.1 Å². The van der Waals surface area contributed by atoms with Gasteiger partial charge < -0.3 is 10.1 Å². The molecule has 1 aliphatic rings. The number of nitrogens with one attached hydrogen (secondary N) is 1. The lowest BCUT2D eigenvalue weighted by molar-refractivity contribution is 0.102. The van der Waals surface area contributed by atoms with E-state index in [1.807, 2.05) is 31.2 Å². The van der Waals surface area contributed by atoms with Gasteiger partial charge in [0.2, 0.25) is 0 Å². The summed E-state index contributed by atoms with van der Waals surface area (Å²) in [7, 11) is 0. The van der Waals surface area contributed by atoms with Gasteiger partial charge in [-0.25, -0.2) is 0 Å². The lowest BCUT2D eigenvalue weighted by Gasteiger charge is -2.27. The monoisotopic (exact) mass is 499 g/mol. The smallest absolute Gasteiger partial charge is 0.255 e. The second kappa shape index (κ2) is 12.4. The third-order valence-electron chi connectivity index (χ3n) is 6.94. The summed E-state index contributed by atoms with van der Waals surface area (Å²) in [6.45, 7) is 12.8. The normalized spacial score (nSPS) is 15.2. The molecule has 1 amide bonds. The predicted molar refractivity (Wildman–Crippen MR) is 151 cm³/mol. The topological polar surface area (TPSA) is 54.5 Å². The highest BCUT2D eigenvalue weighted by Crippen LogP contribution is 2.26. The molecule has 0 spiro atoms. The zero-order valence-corrected chi connectivity index (χ0v) is 22.8. The summed E-state index contributed by atoms with van der Waals surface area (Å²) in [4.78, 5) is 19.8. The SMILES string of the molecule is Cc1cnccc1NC(=O)c1ccc2c(c1)Cc1cccc(c1)CN(CCC(C)(C)C)CCCCCO2. The van der Waals surface area contributed by atoms with Gasteiger partial charge >= 0.3 is 0 Å². The molecule has 1 aromatic heterocycles. The number of anilines is 1. The molecule has 3 aromatic rings. The van der Waals surface area contributed by atoms with E-state index in [1.165, 1.54) is 24.0 Å². The first-order valence-electron chi connectivity index (χ1n) is 13.5. The van der Waals surface area contributed by atoms with Gasteiger partial charge in [0.1, 0.15) is 5.75 Å². The number of carbonyl (C=O) groups is 1. The van der Waals surface area contributed by atoms with Gasteiger partial charge in [-0.3, -0.25) is 14.7 Å². The van der Waals surface area contributed by atoms with Crippen molar-refractivity contribution in [3.63, 3.8) is 0 Å². The van der Waals surface area contributed by atoms with Crippen molar-refractivity contribution in [2.45, 2.75) is 66.3 Å². The summed E-state index contributed by atoms with van der Waals surface area (Å²) in [6.07, 6.45) is 8.71. The molecule has 0 fully saturated rings. The van der Waals surface area contributed by atoms with Crippen molar-refractivity contribution in [3.05, 3.63) is 88.7 Å². The number of fused-ring (bicyclic) bond motifs is 3. The van der Waals surface area contributed by atoms with E-state index >= 15 is 0 Å². The summed E-state index contributed by atoms with van der Waals surface area (Å²) >= 11 is 0. The molecule has 0 saturated heterocycles. The fourth-order valence-electron chi connectivity index (χ4n) is 4.68. The summed E-state index contributed by atoms with van der Waals surface area (Å²) in [5.74, 6) is 0.741. The van der Waals surface area contributed by atoms with E-state index in [0.29, 0.717) is 17.6 Å².